The van der Waals surface area contributed by atoms with E-state index >= 15 is 0 Å². The van der Waals surface area contributed by atoms with Crippen LogP contribution >= 0.6 is 0 Å². The predicted octanol–water partition coefficient (Wildman–Crippen LogP) is 3.48. The maximum atomic E-state index is 5.25. The maximum absolute atomic E-state index is 5.25. The van der Waals surface area contributed by atoms with Gasteiger partial charge < -0.3 is 0 Å². The van der Waals surface area contributed by atoms with Crippen molar-refractivity contribution in [1.29, 1.82) is 0 Å². The van der Waals surface area contributed by atoms with Crippen LogP contribution in [0.2, 0.25) is 0 Å². The lowest BCUT2D eigenvalue weighted by atomic mass is 10.1. The van der Waals surface area contributed by atoms with E-state index in [2.05, 4.69) is 25.0 Å². The van der Waals surface area contributed by atoms with Gasteiger partial charge in [0.05, 0.1) is 0 Å². The molecule has 1 aromatic rings. The van der Waals surface area contributed by atoms with Crippen molar-refractivity contribution in [2.45, 2.75) is 19.8 Å². The van der Waals surface area contributed by atoms with E-state index in [1.54, 1.807) is 0 Å². The average molecular weight is 170 g/mol. The van der Waals surface area contributed by atoms with Crippen LogP contribution in [-0.2, 0) is 0 Å². The minimum Gasteiger partial charge on any atom is -0.115 e. The highest BCUT2D eigenvalue weighted by atomic mass is 13.9. The minimum atomic E-state index is 0.938. The SMILES string of the molecule is C#Cc1ccc(/C=C/CCC)cc1. The van der Waals surface area contributed by atoms with Gasteiger partial charge in [0.25, 0.3) is 0 Å². The largest absolute Gasteiger partial charge is 0.115 e. The van der Waals surface area contributed by atoms with Crippen LogP contribution in [0.15, 0.2) is 30.3 Å². The first-order valence-corrected chi connectivity index (χ1v) is 4.60. The van der Waals surface area contributed by atoms with E-state index in [4.69, 9.17) is 6.42 Å². The highest BCUT2D eigenvalue weighted by Crippen LogP contribution is 2.05. The molecule has 0 nitrogen and oxygen atoms in total. The lowest BCUT2D eigenvalue weighted by Crippen LogP contribution is -1.74. The van der Waals surface area contributed by atoms with Crippen LogP contribution in [0.25, 0.3) is 6.08 Å². The van der Waals surface area contributed by atoms with Crippen molar-refractivity contribution < 1.29 is 0 Å². The second kappa shape index (κ2) is 5.22. The van der Waals surface area contributed by atoms with Crippen LogP contribution < -0.4 is 0 Å². The topological polar surface area (TPSA) is 0 Å². The number of benzene rings is 1. The molecular formula is C13H14. The summed E-state index contributed by atoms with van der Waals surface area (Å²) >= 11 is 0. The normalized spacial score (nSPS) is 10.2. The smallest absolute Gasteiger partial charge is 0.0243 e. The molecule has 13 heavy (non-hydrogen) atoms. The molecule has 0 spiro atoms. The Bertz CT molecular complexity index is 309. The highest BCUT2D eigenvalue weighted by molar-refractivity contribution is 5.51. The highest BCUT2D eigenvalue weighted by Gasteiger charge is 1.86. The Balaban J connectivity index is 2.65. The third-order valence-corrected chi connectivity index (χ3v) is 1.84. The molecule has 0 fully saturated rings. The fourth-order valence-electron chi connectivity index (χ4n) is 1.08. The monoisotopic (exact) mass is 170 g/mol. The number of hydrogen-bond donors (Lipinski definition) is 0. The van der Waals surface area contributed by atoms with Gasteiger partial charge in [-0.25, -0.2) is 0 Å². The van der Waals surface area contributed by atoms with E-state index in [-0.39, 0.29) is 0 Å². The van der Waals surface area contributed by atoms with E-state index in [1.165, 1.54) is 12.0 Å². The Morgan fingerprint density at radius 1 is 1.31 bits per heavy atom. The summed E-state index contributed by atoms with van der Waals surface area (Å²) in [6, 6.07) is 8.01. The van der Waals surface area contributed by atoms with Crippen molar-refractivity contribution in [2.24, 2.45) is 0 Å². The first-order valence-electron chi connectivity index (χ1n) is 4.60. The first kappa shape index (κ1) is 9.61. The second-order valence-electron chi connectivity index (χ2n) is 2.96. The average Bonchev–Trinajstić information content (AvgIpc) is 2.19. The molecule has 0 heteroatoms. The summed E-state index contributed by atoms with van der Waals surface area (Å²) in [6.45, 7) is 2.17. The third kappa shape index (κ3) is 3.17. The molecule has 0 saturated carbocycles. The van der Waals surface area contributed by atoms with Crippen LogP contribution in [0.4, 0.5) is 0 Å². The van der Waals surface area contributed by atoms with Crippen molar-refractivity contribution in [3.05, 3.63) is 41.5 Å². The number of allylic oxidation sites excluding steroid dienone is 1. The molecule has 0 aromatic heterocycles. The van der Waals surface area contributed by atoms with Gasteiger partial charge in [-0.15, -0.1) is 6.42 Å². The molecule has 0 radical (unpaired) electrons. The van der Waals surface area contributed by atoms with Gasteiger partial charge in [0.1, 0.15) is 0 Å². The summed E-state index contributed by atoms with van der Waals surface area (Å²) in [5, 5.41) is 0. The van der Waals surface area contributed by atoms with Gasteiger partial charge in [-0.2, -0.15) is 0 Å². The molecule has 0 amide bonds. The molecule has 1 rings (SSSR count). The molecule has 0 unspecified atom stereocenters. The van der Waals surface area contributed by atoms with E-state index in [0.717, 1.165) is 12.0 Å². The Morgan fingerprint density at radius 2 is 2.00 bits per heavy atom. The number of terminal acetylenes is 1. The predicted molar refractivity (Wildman–Crippen MR) is 58.3 cm³/mol. The van der Waals surface area contributed by atoms with Gasteiger partial charge in [-0.1, -0.05) is 43.5 Å². The van der Waals surface area contributed by atoms with E-state index in [9.17, 15) is 0 Å². The zero-order chi connectivity index (χ0) is 9.52. The molecule has 0 atom stereocenters. The summed E-state index contributed by atoms with van der Waals surface area (Å²) in [5.41, 5.74) is 2.15. The van der Waals surface area contributed by atoms with Crippen LogP contribution in [0, 0.1) is 12.3 Å². The lowest BCUT2D eigenvalue weighted by Gasteiger charge is -1.93. The maximum Gasteiger partial charge on any atom is 0.0243 e. The van der Waals surface area contributed by atoms with Crippen LogP contribution in [0.3, 0.4) is 0 Å². The molecular weight excluding hydrogens is 156 g/mol. The Kier molecular flexibility index (Phi) is 3.85. The van der Waals surface area contributed by atoms with Crippen LogP contribution in [0.5, 0.6) is 0 Å². The van der Waals surface area contributed by atoms with E-state index < -0.39 is 0 Å². The first-order chi connectivity index (χ1) is 6.36. The molecule has 0 bridgehead atoms. The van der Waals surface area contributed by atoms with Gasteiger partial charge in [-0.05, 0) is 24.1 Å². The number of unbranched alkanes of at least 4 members (excludes halogenated alkanes) is 1. The molecule has 1 aromatic carbocycles. The summed E-state index contributed by atoms with van der Waals surface area (Å²) in [7, 11) is 0. The van der Waals surface area contributed by atoms with Crippen LogP contribution in [-0.4, -0.2) is 0 Å². The summed E-state index contributed by atoms with van der Waals surface area (Å²) in [6.07, 6.45) is 11.9. The fourth-order valence-corrected chi connectivity index (χ4v) is 1.08. The van der Waals surface area contributed by atoms with Gasteiger partial charge in [-0.3, -0.25) is 0 Å². The molecule has 0 N–H and O–H groups in total. The van der Waals surface area contributed by atoms with Crippen molar-refractivity contribution in [3.63, 3.8) is 0 Å². The van der Waals surface area contributed by atoms with E-state index in [1.807, 2.05) is 24.3 Å². The molecule has 0 aliphatic rings. The van der Waals surface area contributed by atoms with Crippen molar-refractivity contribution >= 4 is 6.08 Å². The van der Waals surface area contributed by atoms with Crippen molar-refractivity contribution in [1.82, 2.24) is 0 Å². The Hall–Kier alpha value is -1.48. The standard InChI is InChI=1S/C13H14/c1-3-5-6-7-13-10-8-12(4-2)9-11-13/h2,6-11H,3,5H2,1H3/b7-6+. The van der Waals surface area contributed by atoms with Crippen molar-refractivity contribution in [3.8, 4) is 12.3 Å². The molecule has 0 heterocycles. The number of hydrogen-bond acceptors (Lipinski definition) is 0. The molecule has 0 saturated heterocycles. The zero-order valence-electron chi connectivity index (χ0n) is 7.96. The quantitative estimate of drug-likeness (QED) is 0.609. The third-order valence-electron chi connectivity index (χ3n) is 1.84. The Labute approximate surface area is 80.3 Å². The van der Waals surface area contributed by atoms with Crippen molar-refractivity contribution in [2.75, 3.05) is 0 Å². The summed E-state index contributed by atoms with van der Waals surface area (Å²) in [4.78, 5) is 0. The molecule has 0 aliphatic heterocycles. The van der Waals surface area contributed by atoms with Gasteiger partial charge in [0.2, 0.25) is 0 Å². The summed E-state index contributed by atoms with van der Waals surface area (Å²) < 4.78 is 0. The number of rotatable bonds is 3. The lowest BCUT2D eigenvalue weighted by molar-refractivity contribution is 0.962. The second-order valence-corrected chi connectivity index (χ2v) is 2.96. The zero-order valence-corrected chi connectivity index (χ0v) is 7.96. The Morgan fingerprint density at radius 3 is 2.54 bits per heavy atom. The van der Waals surface area contributed by atoms with Crippen LogP contribution in [0.1, 0.15) is 30.9 Å². The van der Waals surface area contributed by atoms with Gasteiger partial charge in [0, 0.05) is 5.56 Å². The minimum absolute atomic E-state index is 0.938. The fraction of sp³-hybridized carbons (Fsp3) is 0.231. The van der Waals surface area contributed by atoms with Gasteiger partial charge in [0.15, 0.2) is 0 Å². The molecule has 66 valence electrons. The van der Waals surface area contributed by atoms with Gasteiger partial charge >= 0.3 is 0 Å². The van der Waals surface area contributed by atoms with E-state index in [0.29, 0.717) is 0 Å². The molecule has 0 aliphatic carbocycles. The summed E-state index contributed by atoms with van der Waals surface area (Å²) in [5.74, 6) is 2.60.